The molecule has 0 bridgehead atoms. The Labute approximate surface area is 169 Å². The summed E-state index contributed by atoms with van der Waals surface area (Å²) >= 11 is 1.54. The Bertz CT molecular complexity index is 1080. The number of fused-ring (bicyclic) bond motifs is 1. The summed E-state index contributed by atoms with van der Waals surface area (Å²) in [7, 11) is -3.61. The largest absolute Gasteiger partial charge is 0.268 e. The molecule has 3 aromatic rings. The van der Waals surface area contributed by atoms with E-state index in [2.05, 4.69) is 6.07 Å². The van der Waals surface area contributed by atoms with Crippen LogP contribution in [0.15, 0.2) is 52.9 Å². The van der Waals surface area contributed by atoms with Crippen molar-refractivity contribution in [3.8, 4) is 10.6 Å². The van der Waals surface area contributed by atoms with Crippen LogP contribution in [0.25, 0.3) is 10.6 Å². The molecule has 0 unspecified atom stereocenters. The summed E-state index contributed by atoms with van der Waals surface area (Å²) < 4.78 is 30.8. The van der Waals surface area contributed by atoms with Crippen molar-refractivity contribution in [3.63, 3.8) is 0 Å². The van der Waals surface area contributed by atoms with E-state index >= 15 is 0 Å². The van der Waals surface area contributed by atoms with Crippen molar-refractivity contribution in [3.05, 3.63) is 59.1 Å². The molecule has 1 saturated carbocycles. The summed E-state index contributed by atoms with van der Waals surface area (Å²) in [4.78, 5) is 1.26. The maximum atomic E-state index is 13.6. The first-order valence-corrected chi connectivity index (χ1v) is 12.1. The van der Waals surface area contributed by atoms with Gasteiger partial charge in [-0.3, -0.25) is 4.68 Å². The molecule has 28 heavy (non-hydrogen) atoms. The number of sulfonamides is 1. The van der Waals surface area contributed by atoms with Gasteiger partial charge in [-0.1, -0.05) is 43.2 Å². The van der Waals surface area contributed by atoms with E-state index in [4.69, 9.17) is 5.10 Å². The standard InChI is InChI=1S/C21H23N3O2S2/c25-28(26,23-12-11-16-6-1-2-7-17(16)14-23)20-15-24(18-8-3-4-9-18)22-21(20)19-10-5-13-27-19/h1-2,5-7,10,13,15,18H,3-4,8-9,11-12,14H2. The number of benzene rings is 1. The van der Waals surface area contributed by atoms with Gasteiger partial charge in [-0.25, -0.2) is 8.42 Å². The first kappa shape index (κ1) is 18.1. The Morgan fingerprint density at radius 3 is 2.57 bits per heavy atom. The number of hydrogen-bond acceptors (Lipinski definition) is 4. The molecule has 3 heterocycles. The normalized spacial score (nSPS) is 18.4. The Kier molecular flexibility index (Phi) is 4.61. The van der Waals surface area contributed by atoms with Crippen LogP contribution < -0.4 is 0 Å². The van der Waals surface area contributed by atoms with Gasteiger partial charge in [-0.15, -0.1) is 11.3 Å². The van der Waals surface area contributed by atoms with Gasteiger partial charge in [0.15, 0.2) is 0 Å². The molecule has 5 rings (SSSR count). The quantitative estimate of drug-likeness (QED) is 0.634. The third kappa shape index (κ3) is 3.11. The minimum atomic E-state index is -3.61. The van der Waals surface area contributed by atoms with Crippen LogP contribution in [0.3, 0.4) is 0 Å². The van der Waals surface area contributed by atoms with Gasteiger partial charge in [0, 0.05) is 19.3 Å². The average molecular weight is 414 g/mol. The Balaban J connectivity index is 1.55. The molecule has 2 aliphatic rings. The number of rotatable bonds is 4. The van der Waals surface area contributed by atoms with E-state index in [1.165, 1.54) is 29.7 Å². The molecule has 7 heteroatoms. The van der Waals surface area contributed by atoms with E-state index in [0.717, 1.165) is 29.7 Å². The predicted octanol–water partition coefficient (Wildman–Crippen LogP) is 4.47. The third-order valence-electron chi connectivity index (χ3n) is 5.87. The van der Waals surface area contributed by atoms with Crippen LogP contribution in [-0.4, -0.2) is 29.0 Å². The lowest BCUT2D eigenvalue weighted by atomic mass is 10.0. The zero-order valence-electron chi connectivity index (χ0n) is 15.6. The Hall–Kier alpha value is -1.96. The number of aromatic nitrogens is 2. The molecular formula is C21H23N3O2S2. The zero-order chi connectivity index (χ0) is 19.1. The summed E-state index contributed by atoms with van der Waals surface area (Å²) in [6.07, 6.45) is 7.04. The van der Waals surface area contributed by atoms with Crippen LogP contribution in [-0.2, 0) is 23.0 Å². The molecule has 5 nitrogen and oxygen atoms in total. The van der Waals surface area contributed by atoms with E-state index < -0.39 is 10.0 Å². The van der Waals surface area contributed by atoms with Crippen LogP contribution in [0.1, 0.15) is 42.9 Å². The average Bonchev–Trinajstić information content (AvgIpc) is 3.48. The smallest absolute Gasteiger partial charge is 0.247 e. The first-order chi connectivity index (χ1) is 13.6. The molecule has 0 spiro atoms. The van der Waals surface area contributed by atoms with E-state index in [1.807, 2.05) is 40.4 Å². The molecule has 0 atom stereocenters. The van der Waals surface area contributed by atoms with Gasteiger partial charge in [-0.05, 0) is 41.8 Å². The monoisotopic (exact) mass is 413 g/mol. The van der Waals surface area contributed by atoms with Crippen molar-refractivity contribution >= 4 is 21.4 Å². The lowest BCUT2D eigenvalue weighted by Gasteiger charge is -2.27. The molecule has 1 aromatic carbocycles. The molecule has 1 aliphatic carbocycles. The second-order valence-electron chi connectivity index (χ2n) is 7.59. The number of hydrogen-bond donors (Lipinski definition) is 0. The SMILES string of the molecule is O=S(=O)(c1cn(C2CCCC2)nc1-c1cccs1)N1CCc2ccccc2C1. The summed E-state index contributed by atoms with van der Waals surface area (Å²) in [6.45, 7) is 0.939. The van der Waals surface area contributed by atoms with Crippen LogP contribution in [0, 0.1) is 0 Å². The first-order valence-electron chi connectivity index (χ1n) is 9.83. The fourth-order valence-electron chi connectivity index (χ4n) is 4.32. The lowest BCUT2D eigenvalue weighted by Crippen LogP contribution is -2.36. The van der Waals surface area contributed by atoms with Crippen molar-refractivity contribution in [2.24, 2.45) is 0 Å². The lowest BCUT2D eigenvalue weighted by molar-refractivity contribution is 0.391. The summed E-state index contributed by atoms with van der Waals surface area (Å²) in [5.41, 5.74) is 2.94. The summed E-state index contributed by atoms with van der Waals surface area (Å²) in [5.74, 6) is 0. The molecule has 1 fully saturated rings. The molecule has 0 N–H and O–H groups in total. The van der Waals surface area contributed by atoms with Gasteiger partial charge < -0.3 is 0 Å². The summed E-state index contributed by atoms with van der Waals surface area (Å²) in [6, 6.07) is 12.3. The highest BCUT2D eigenvalue weighted by Crippen LogP contribution is 2.36. The minimum absolute atomic E-state index is 0.310. The highest BCUT2D eigenvalue weighted by molar-refractivity contribution is 7.89. The van der Waals surface area contributed by atoms with Crippen LogP contribution >= 0.6 is 11.3 Å². The van der Waals surface area contributed by atoms with E-state index in [1.54, 1.807) is 10.5 Å². The van der Waals surface area contributed by atoms with Gasteiger partial charge in [0.2, 0.25) is 10.0 Å². The van der Waals surface area contributed by atoms with Crippen LogP contribution in [0.4, 0.5) is 0 Å². The fourth-order valence-corrected chi connectivity index (χ4v) is 6.66. The maximum Gasteiger partial charge on any atom is 0.247 e. The van der Waals surface area contributed by atoms with Gasteiger partial charge >= 0.3 is 0 Å². The Morgan fingerprint density at radius 2 is 1.82 bits per heavy atom. The molecule has 0 saturated heterocycles. The van der Waals surface area contributed by atoms with Crippen LogP contribution in [0.2, 0.25) is 0 Å². The predicted molar refractivity (Wildman–Crippen MR) is 111 cm³/mol. The second-order valence-corrected chi connectivity index (χ2v) is 10.4. The molecule has 2 aromatic heterocycles. The molecule has 1 aliphatic heterocycles. The number of thiophene rings is 1. The van der Waals surface area contributed by atoms with E-state index in [-0.39, 0.29) is 0 Å². The van der Waals surface area contributed by atoms with Crippen molar-refractivity contribution < 1.29 is 8.42 Å². The highest BCUT2D eigenvalue weighted by Gasteiger charge is 2.33. The summed E-state index contributed by atoms with van der Waals surface area (Å²) in [5, 5.41) is 6.73. The van der Waals surface area contributed by atoms with Crippen molar-refractivity contribution in [2.75, 3.05) is 6.54 Å². The highest BCUT2D eigenvalue weighted by atomic mass is 32.2. The fraction of sp³-hybridized carbons (Fsp3) is 0.381. The van der Waals surface area contributed by atoms with Crippen molar-refractivity contribution in [1.29, 1.82) is 0 Å². The maximum absolute atomic E-state index is 13.6. The van der Waals surface area contributed by atoms with E-state index in [9.17, 15) is 8.42 Å². The van der Waals surface area contributed by atoms with E-state index in [0.29, 0.717) is 29.7 Å². The second kappa shape index (κ2) is 7.13. The van der Waals surface area contributed by atoms with Gasteiger partial charge in [0.05, 0.1) is 10.9 Å². The van der Waals surface area contributed by atoms with Crippen molar-refractivity contribution in [1.82, 2.24) is 14.1 Å². The molecular weight excluding hydrogens is 390 g/mol. The van der Waals surface area contributed by atoms with Gasteiger partial charge in [0.25, 0.3) is 0 Å². The van der Waals surface area contributed by atoms with Crippen molar-refractivity contribution in [2.45, 2.75) is 49.6 Å². The molecule has 0 radical (unpaired) electrons. The van der Waals surface area contributed by atoms with Gasteiger partial charge in [0.1, 0.15) is 10.6 Å². The topological polar surface area (TPSA) is 55.2 Å². The van der Waals surface area contributed by atoms with Gasteiger partial charge in [-0.2, -0.15) is 9.40 Å². The zero-order valence-corrected chi connectivity index (χ0v) is 17.3. The number of nitrogens with zero attached hydrogens (tertiary/aromatic N) is 3. The molecule has 0 amide bonds. The molecule has 146 valence electrons. The Morgan fingerprint density at radius 1 is 1.04 bits per heavy atom. The van der Waals surface area contributed by atoms with Crippen LogP contribution in [0.5, 0.6) is 0 Å². The third-order valence-corrected chi connectivity index (χ3v) is 8.59. The minimum Gasteiger partial charge on any atom is -0.268 e.